The zero-order valence-corrected chi connectivity index (χ0v) is 11.9. The Morgan fingerprint density at radius 3 is 2.29 bits per heavy atom. The van der Waals surface area contributed by atoms with Crippen molar-refractivity contribution in [2.24, 2.45) is 0 Å². The molecular weight excluding hydrogens is 274 g/mol. The molecule has 0 atom stereocenters. The summed E-state index contributed by atoms with van der Waals surface area (Å²) in [5, 5.41) is 0. The SMILES string of the molecule is COC(=O)c1ccc(-c2ccc(OC)c(OC)c2)[nH]c1=O. The molecule has 0 spiro atoms. The summed E-state index contributed by atoms with van der Waals surface area (Å²) in [6.45, 7) is 0. The minimum absolute atomic E-state index is 0.0401. The Bertz CT molecular complexity index is 720. The number of rotatable bonds is 4. The van der Waals surface area contributed by atoms with Gasteiger partial charge in [0.05, 0.1) is 21.3 Å². The number of ether oxygens (including phenoxy) is 3. The van der Waals surface area contributed by atoms with Crippen molar-refractivity contribution < 1.29 is 19.0 Å². The lowest BCUT2D eigenvalue weighted by Crippen LogP contribution is -2.18. The smallest absolute Gasteiger partial charge is 0.343 e. The van der Waals surface area contributed by atoms with E-state index in [1.54, 1.807) is 31.4 Å². The van der Waals surface area contributed by atoms with Crippen LogP contribution < -0.4 is 15.0 Å². The standard InChI is InChI=1S/C15H15NO5/c1-19-12-7-4-9(8-13(12)20-2)11-6-5-10(14(17)16-11)15(18)21-3/h4-8H,1-3H3,(H,16,17). The second-order valence-electron chi connectivity index (χ2n) is 4.18. The molecular formula is C15H15NO5. The maximum Gasteiger partial charge on any atom is 0.343 e. The highest BCUT2D eigenvalue weighted by molar-refractivity contribution is 5.89. The first-order chi connectivity index (χ1) is 10.1. The fraction of sp³-hybridized carbons (Fsp3) is 0.200. The Morgan fingerprint density at radius 1 is 1.00 bits per heavy atom. The first kappa shape index (κ1) is 14.6. The second kappa shape index (κ2) is 6.13. The van der Waals surface area contributed by atoms with E-state index in [0.717, 1.165) is 5.56 Å². The molecule has 6 heteroatoms. The zero-order chi connectivity index (χ0) is 15.4. The zero-order valence-electron chi connectivity index (χ0n) is 11.9. The van der Waals surface area contributed by atoms with Crippen LogP contribution in [0.15, 0.2) is 35.1 Å². The molecule has 1 heterocycles. The van der Waals surface area contributed by atoms with E-state index < -0.39 is 11.5 Å². The average Bonchev–Trinajstić information content (AvgIpc) is 2.53. The third kappa shape index (κ3) is 2.89. The molecule has 0 radical (unpaired) electrons. The van der Waals surface area contributed by atoms with E-state index in [0.29, 0.717) is 17.2 Å². The van der Waals surface area contributed by atoms with Crippen LogP contribution in [0.5, 0.6) is 11.5 Å². The molecule has 1 aromatic carbocycles. The summed E-state index contributed by atoms with van der Waals surface area (Å²) in [6, 6.07) is 8.32. The van der Waals surface area contributed by atoms with E-state index in [2.05, 4.69) is 9.72 Å². The first-order valence-corrected chi connectivity index (χ1v) is 6.14. The topological polar surface area (TPSA) is 77.6 Å². The maximum atomic E-state index is 11.9. The number of esters is 1. The predicted octanol–water partition coefficient (Wildman–Crippen LogP) is 1.85. The monoisotopic (exact) mass is 289 g/mol. The average molecular weight is 289 g/mol. The first-order valence-electron chi connectivity index (χ1n) is 6.14. The lowest BCUT2D eigenvalue weighted by molar-refractivity contribution is 0.0598. The van der Waals surface area contributed by atoms with Crippen molar-refractivity contribution in [2.75, 3.05) is 21.3 Å². The summed E-state index contributed by atoms with van der Waals surface area (Å²) in [7, 11) is 4.30. The number of benzene rings is 1. The fourth-order valence-corrected chi connectivity index (χ4v) is 1.92. The van der Waals surface area contributed by atoms with Crippen molar-refractivity contribution in [3.05, 3.63) is 46.2 Å². The normalized spacial score (nSPS) is 10.0. The largest absolute Gasteiger partial charge is 0.493 e. The minimum atomic E-state index is -0.671. The molecule has 6 nitrogen and oxygen atoms in total. The molecule has 2 aromatic rings. The molecule has 0 saturated heterocycles. The van der Waals surface area contributed by atoms with Crippen molar-refractivity contribution in [3.8, 4) is 22.8 Å². The van der Waals surface area contributed by atoms with Crippen LogP contribution in [-0.4, -0.2) is 32.3 Å². The summed E-state index contributed by atoms with van der Waals surface area (Å²) >= 11 is 0. The molecule has 2 rings (SSSR count). The van der Waals surface area contributed by atoms with Gasteiger partial charge in [-0.1, -0.05) is 0 Å². The highest BCUT2D eigenvalue weighted by atomic mass is 16.5. The number of nitrogens with one attached hydrogen (secondary N) is 1. The van der Waals surface area contributed by atoms with Crippen LogP contribution >= 0.6 is 0 Å². The van der Waals surface area contributed by atoms with E-state index >= 15 is 0 Å². The van der Waals surface area contributed by atoms with Crippen LogP contribution in [0.25, 0.3) is 11.3 Å². The molecule has 0 aliphatic carbocycles. The van der Waals surface area contributed by atoms with E-state index in [9.17, 15) is 9.59 Å². The Balaban J connectivity index is 2.46. The van der Waals surface area contributed by atoms with Gasteiger partial charge in [0.25, 0.3) is 5.56 Å². The Labute approximate surface area is 121 Å². The lowest BCUT2D eigenvalue weighted by atomic mass is 10.1. The molecule has 0 bridgehead atoms. The van der Waals surface area contributed by atoms with Gasteiger partial charge in [-0.05, 0) is 30.3 Å². The number of carbonyl (C=O) groups is 1. The van der Waals surface area contributed by atoms with Gasteiger partial charge in [-0.3, -0.25) is 4.79 Å². The Morgan fingerprint density at radius 2 is 1.71 bits per heavy atom. The molecule has 21 heavy (non-hydrogen) atoms. The van der Waals surface area contributed by atoms with Crippen molar-refractivity contribution in [3.63, 3.8) is 0 Å². The third-order valence-corrected chi connectivity index (χ3v) is 3.01. The number of carbonyl (C=O) groups excluding carboxylic acids is 1. The molecule has 0 aliphatic heterocycles. The molecule has 1 aromatic heterocycles. The van der Waals surface area contributed by atoms with Gasteiger partial charge in [-0.25, -0.2) is 4.79 Å². The second-order valence-corrected chi connectivity index (χ2v) is 4.18. The highest BCUT2D eigenvalue weighted by Gasteiger charge is 2.12. The van der Waals surface area contributed by atoms with Gasteiger partial charge in [-0.15, -0.1) is 0 Å². The van der Waals surface area contributed by atoms with Crippen molar-refractivity contribution in [1.82, 2.24) is 4.98 Å². The van der Waals surface area contributed by atoms with Gasteiger partial charge < -0.3 is 19.2 Å². The van der Waals surface area contributed by atoms with E-state index in [1.165, 1.54) is 20.3 Å². The van der Waals surface area contributed by atoms with Crippen LogP contribution in [0.1, 0.15) is 10.4 Å². The molecule has 0 unspecified atom stereocenters. The molecule has 0 fully saturated rings. The van der Waals surface area contributed by atoms with Crippen molar-refractivity contribution in [1.29, 1.82) is 0 Å². The summed E-state index contributed by atoms with van der Waals surface area (Å²) in [6.07, 6.45) is 0. The summed E-state index contributed by atoms with van der Waals surface area (Å²) < 4.78 is 14.9. The fourth-order valence-electron chi connectivity index (χ4n) is 1.92. The number of aromatic nitrogens is 1. The summed E-state index contributed by atoms with van der Waals surface area (Å²) in [4.78, 5) is 25.9. The summed E-state index contributed by atoms with van der Waals surface area (Å²) in [5.74, 6) is 0.470. The molecule has 1 N–H and O–H groups in total. The van der Waals surface area contributed by atoms with Gasteiger partial charge in [0.15, 0.2) is 11.5 Å². The Kier molecular flexibility index (Phi) is 4.27. The number of hydrogen-bond donors (Lipinski definition) is 1. The van der Waals surface area contributed by atoms with E-state index in [4.69, 9.17) is 9.47 Å². The van der Waals surface area contributed by atoms with Gasteiger partial charge in [0.2, 0.25) is 0 Å². The van der Waals surface area contributed by atoms with Crippen LogP contribution in [0.4, 0.5) is 0 Å². The maximum absolute atomic E-state index is 11.9. The number of aromatic amines is 1. The molecule has 110 valence electrons. The van der Waals surface area contributed by atoms with Crippen molar-refractivity contribution >= 4 is 5.97 Å². The summed E-state index contributed by atoms with van der Waals surface area (Å²) in [5.41, 5.74) is 0.755. The number of H-pyrrole nitrogens is 1. The molecule has 0 saturated carbocycles. The van der Waals surface area contributed by atoms with Gasteiger partial charge in [0, 0.05) is 11.3 Å². The Hall–Kier alpha value is -2.76. The van der Waals surface area contributed by atoms with Crippen molar-refractivity contribution in [2.45, 2.75) is 0 Å². The van der Waals surface area contributed by atoms with Gasteiger partial charge >= 0.3 is 5.97 Å². The van der Waals surface area contributed by atoms with Crippen LogP contribution in [0.2, 0.25) is 0 Å². The quantitative estimate of drug-likeness (QED) is 0.869. The predicted molar refractivity (Wildman–Crippen MR) is 76.9 cm³/mol. The van der Waals surface area contributed by atoms with E-state index in [-0.39, 0.29) is 5.56 Å². The minimum Gasteiger partial charge on any atom is -0.493 e. The highest BCUT2D eigenvalue weighted by Crippen LogP contribution is 2.31. The molecule has 0 aliphatic rings. The van der Waals surface area contributed by atoms with E-state index in [1.807, 2.05) is 0 Å². The molecule has 0 amide bonds. The van der Waals surface area contributed by atoms with Gasteiger partial charge in [0.1, 0.15) is 5.56 Å². The van der Waals surface area contributed by atoms with Crippen LogP contribution in [0, 0.1) is 0 Å². The number of pyridine rings is 1. The van der Waals surface area contributed by atoms with Gasteiger partial charge in [-0.2, -0.15) is 0 Å². The third-order valence-electron chi connectivity index (χ3n) is 3.01. The number of hydrogen-bond acceptors (Lipinski definition) is 5. The number of methoxy groups -OCH3 is 3. The van der Waals surface area contributed by atoms with Crippen LogP contribution in [0.3, 0.4) is 0 Å². The van der Waals surface area contributed by atoms with Crippen LogP contribution in [-0.2, 0) is 4.74 Å². The lowest BCUT2D eigenvalue weighted by Gasteiger charge is -2.09.